The molecule has 3 nitrogen and oxygen atoms in total. The monoisotopic (exact) mass is 325 g/mol. The van der Waals surface area contributed by atoms with E-state index < -0.39 is 11.7 Å². The van der Waals surface area contributed by atoms with Gasteiger partial charge in [-0.3, -0.25) is 0 Å². The molecule has 0 spiro atoms. The van der Waals surface area contributed by atoms with Gasteiger partial charge in [-0.1, -0.05) is 30.7 Å². The van der Waals surface area contributed by atoms with Gasteiger partial charge in [0, 0.05) is 17.2 Å². The summed E-state index contributed by atoms with van der Waals surface area (Å²) in [6, 6.07) is 6.54. The van der Waals surface area contributed by atoms with E-state index >= 15 is 0 Å². The summed E-state index contributed by atoms with van der Waals surface area (Å²) in [5.41, 5.74) is 1.48. The number of hydrogen-bond acceptors (Lipinski definition) is 2. The first-order valence-corrected chi connectivity index (χ1v) is 6.98. The zero-order valence-corrected chi connectivity index (χ0v) is 12.3. The Balaban J connectivity index is 2.18. The number of benzene rings is 1. The van der Waals surface area contributed by atoms with Crippen LogP contribution in [0.4, 0.5) is 13.2 Å². The molecule has 0 atom stereocenters. The number of fused-ring (bicyclic) bond motifs is 1. The van der Waals surface area contributed by atoms with Crippen LogP contribution in [0.25, 0.3) is 16.9 Å². The Morgan fingerprint density at radius 1 is 1.23 bits per heavy atom. The largest absolute Gasteiger partial charge is 0.416 e. The summed E-state index contributed by atoms with van der Waals surface area (Å²) in [6.45, 7) is 1.95. The molecule has 0 radical (unpaired) electrons. The fraction of sp³-hybridized carbons (Fsp3) is 0.200. The van der Waals surface area contributed by atoms with Crippen LogP contribution >= 0.6 is 11.6 Å². The van der Waals surface area contributed by atoms with Crippen molar-refractivity contribution < 1.29 is 13.2 Å². The predicted octanol–water partition coefficient (Wildman–Crippen LogP) is 4.63. The highest BCUT2D eigenvalue weighted by atomic mass is 35.5. The van der Waals surface area contributed by atoms with E-state index in [1.165, 1.54) is 16.6 Å². The molecule has 0 fully saturated rings. The van der Waals surface area contributed by atoms with Gasteiger partial charge < -0.3 is 0 Å². The lowest BCUT2D eigenvalue weighted by molar-refractivity contribution is -0.137. The van der Waals surface area contributed by atoms with Crippen molar-refractivity contribution in [2.75, 3.05) is 0 Å². The molecule has 2 heterocycles. The van der Waals surface area contributed by atoms with E-state index in [0.717, 1.165) is 17.7 Å². The Morgan fingerprint density at radius 2 is 2.00 bits per heavy atom. The van der Waals surface area contributed by atoms with Crippen LogP contribution in [-0.2, 0) is 12.6 Å². The second kappa shape index (κ2) is 5.28. The Hall–Kier alpha value is -2.08. The molecule has 0 aliphatic rings. The molecule has 7 heteroatoms. The van der Waals surface area contributed by atoms with Crippen molar-refractivity contribution in [1.29, 1.82) is 0 Å². The van der Waals surface area contributed by atoms with Crippen molar-refractivity contribution >= 4 is 17.2 Å². The van der Waals surface area contributed by atoms with Gasteiger partial charge in [-0.05, 0) is 18.6 Å². The zero-order valence-electron chi connectivity index (χ0n) is 11.5. The van der Waals surface area contributed by atoms with Crippen LogP contribution in [0, 0.1) is 0 Å². The lowest BCUT2D eigenvalue weighted by Crippen LogP contribution is -2.04. The van der Waals surface area contributed by atoms with Gasteiger partial charge >= 0.3 is 6.18 Å². The van der Waals surface area contributed by atoms with Gasteiger partial charge in [0.25, 0.3) is 0 Å². The van der Waals surface area contributed by atoms with Crippen molar-refractivity contribution in [3.8, 4) is 11.3 Å². The fourth-order valence-electron chi connectivity index (χ4n) is 2.22. The van der Waals surface area contributed by atoms with E-state index in [2.05, 4.69) is 10.1 Å². The number of aromatic nitrogens is 3. The molecular weight excluding hydrogens is 315 g/mol. The topological polar surface area (TPSA) is 30.2 Å². The third-order valence-corrected chi connectivity index (χ3v) is 3.64. The van der Waals surface area contributed by atoms with Gasteiger partial charge in [0.2, 0.25) is 0 Å². The number of rotatable bonds is 2. The van der Waals surface area contributed by atoms with Crippen LogP contribution in [0.1, 0.15) is 18.1 Å². The van der Waals surface area contributed by atoms with Crippen molar-refractivity contribution in [3.05, 3.63) is 52.8 Å². The maximum atomic E-state index is 12.8. The number of nitrogens with zero attached hydrogens (tertiary/aromatic N) is 3. The fourth-order valence-corrected chi connectivity index (χ4v) is 2.45. The molecular formula is C15H11ClF3N3. The molecule has 0 amide bonds. The molecule has 0 saturated heterocycles. The van der Waals surface area contributed by atoms with Crippen LogP contribution in [0.3, 0.4) is 0 Å². The Kier molecular flexibility index (Phi) is 3.56. The average Bonchev–Trinajstić information content (AvgIpc) is 2.90. The molecule has 114 valence electrons. The van der Waals surface area contributed by atoms with Gasteiger partial charge in [-0.2, -0.15) is 18.3 Å². The van der Waals surface area contributed by atoms with Crippen molar-refractivity contribution in [2.45, 2.75) is 19.5 Å². The summed E-state index contributed by atoms with van der Waals surface area (Å²) in [4.78, 5) is 4.41. The lowest BCUT2D eigenvalue weighted by Gasteiger charge is -2.09. The number of halogens is 4. The van der Waals surface area contributed by atoms with E-state index in [1.807, 2.05) is 6.92 Å². The smallest absolute Gasteiger partial charge is 0.228 e. The normalized spacial score (nSPS) is 12.0. The first-order valence-electron chi connectivity index (χ1n) is 6.61. The van der Waals surface area contributed by atoms with Gasteiger partial charge in [0.1, 0.15) is 5.15 Å². The van der Waals surface area contributed by atoms with E-state index in [1.54, 1.807) is 12.3 Å². The number of hydrogen-bond donors (Lipinski definition) is 0. The van der Waals surface area contributed by atoms with Crippen LogP contribution in [0.5, 0.6) is 0 Å². The van der Waals surface area contributed by atoms with Crippen molar-refractivity contribution in [1.82, 2.24) is 14.6 Å². The van der Waals surface area contributed by atoms with Crippen LogP contribution in [0.2, 0.25) is 5.15 Å². The van der Waals surface area contributed by atoms with Crippen molar-refractivity contribution in [3.63, 3.8) is 0 Å². The first kappa shape index (κ1) is 14.8. The number of alkyl halides is 3. The summed E-state index contributed by atoms with van der Waals surface area (Å²) in [7, 11) is 0. The third kappa shape index (κ3) is 2.54. The Labute approximate surface area is 129 Å². The van der Waals surface area contributed by atoms with Gasteiger partial charge in [0.05, 0.1) is 17.5 Å². The van der Waals surface area contributed by atoms with E-state index in [0.29, 0.717) is 28.5 Å². The molecule has 0 unspecified atom stereocenters. The maximum absolute atomic E-state index is 12.8. The molecule has 3 rings (SSSR count). The molecule has 1 aromatic carbocycles. The minimum absolute atomic E-state index is 0.303. The Morgan fingerprint density at radius 3 is 2.68 bits per heavy atom. The summed E-state index contributed by atoms with van der Waals surface area (Å²) in [6.07, 6.45) is -2.03. The minimum Gasteiger partial charge on any atom is -0.228 e. The maximum Gasteiger partial charge on any atom is 0.416 e. The van der Waals surface area contributed by atoms with E-state index in [-0.39, 0.29) is 0 Å². The predicted molar refractivity (Wildman–Crippen MR) is 77.8 cm³/mol. The Bertz CT molecular complexity index is 840. The second-order valence-corrected chi connectivity index (χ2v) is 5.19. The molecule has 0 bridgehead atoms. The molecule has 2 aromatic heterocycles. The zero-order chi connectivity index (χ0) is 15.9. The lowest BCUT2D eigenvalue weighted by atomic mass is 10.1. The molecule has 0 aliphatic heterocycles. The standard InChI is InChI=1S/C15H11ClF3N3/c1-2-9-8-20-22-13(16)7-12(21-14(9)22)10-4-3-5-11(6-10)15(17,18)19/h3-8H,2H2,1H3. The highest BCUT2D eigenvalue weighted by Gasteiger charge is 2.30. The quantitative estimate of drug-likeness (QED) is 0.643. The van der Waals surface area contributed by atoms with Crippen molar-refractivity contribution in [2.24, 2.45) is 0 Å². The highest BCUT2D eigenvalue weighted by molar-refractivity contribution is 6.30. The molecule has 3 aromatic rings. The summed E-state index contributed by atoms with van der Waals surface area (Å²) in [5, 5.41) is 4.43. The highest BCUT2D eigenvalue weighted by Crippen LogP contribution is 2.32. The van der Waals surface area contributed by atoms with Crippen LogP contribution in [0.15, 0.2) is 36.5 Å². The molecule has 0 aliphatic carbocycles. The van der Waals surface area contributed by atoms with Crippen LogP contribution < -0.4 is 0 Å². The molecule has 0 N–H and O–H groups in total. The SMILES string of the molecule is CCc1cnn2c(Cl)cc(-c3cccc(C(F)(F)F)c3)nc12. The van der Waals surface area contributed by atoms with E-state index in [9.17, 15) is 13.2 Å². The average molecular weight is 326 g/mol. The van der Waals surface area contributed by atoms with Gasteiger partial charge in [0.15, 0.2) is 5.65 Å². The summed E-state index contributed by atoms with van der Waals surface area (Å²) in [5.74, 6) is 0. The first-order chi connectivity index (χ1) is 10.4. The van der Waals surface area contributed by atoms with Gasteiger partial charge in [-0.25, -0.2) is 9.50 Å². The third-order valence-electron chi connectivity index (χ3n) is 3.37. The second-order valence-electron chi connectivity index (χ2n) is 4.80. The minimum atomic E-state index is -4.39. The molecule has 22 heavy (non-hydrogen) atoms. The molecule has 0 saturated carbocycles. The number of aryl methyl sites for hydroxylation is 1. The van der Waals surface area contributed by atoms with Gasteiger partial charge in [-0.15, -0.1) is 0 Å². The summed E-state index contributed by atoms with van der Waals surface area (Å²) < 4.78 is 39.9. The van der Waals surface area contributed by atoms with Crippen LogP contribution in [-0.4, -0.2) is 14.6 Å². The summed E-state index contributed by atoms with van der Waals surface area (Å²) >= 11 is 6.15. The van der Waals surface area contributed by atoms with E-state index in [4.69, 9.17) is 11.6 Å².